The maximum atomic E-state index is 5.32. The Morgan fingerprint density at radius 2 is 2.10 bits per heavy atom. The highest BCUT2D eigenvalue weighted by Crippen LogP contribution is 2.24. The Kier molecular flexibility index (Phi) is 5.07. The van der Waals surface area contributed by atoms with Crippen molar-refractivity contribution in [2.24, 2.45) is 0 Å². The molecular formula is C17H26N2O. The van der Waals surface area contributed by atoms with E-state index in [4.69, 9.17) is 4.74 Å². The van der Waals surface area contributed by atoms with Crippen LogP contribution in [-0.4, -0.2) is 36.1 Å². The molecule has 0 bridgehead atoms. The summed E-state index contributed by atoms with van der Waals surface area (Å²) in [5.74, 6) is 0.924. The van der Waals surface area contributed by atoms with Gasteiger partial charge in [-0.1, -0.05) is 13.8 Å². The average Bonchev–Trinajstić information content (AvgIpc) is 2.89. The highest BCUT2D eigenvalue weighted by Gasteiger charge is 2.11. The zero-order chi connectivity index (χ0) is 14.5. The van der Waals surface area contributed by atoms with Crippen LogP contribution in [0.4, 0.5) is 0 Å². The quantitative estimate of drug-likeness (QED) is 0.831. The zero-order valence-electron chi connectivity index (χ0n) is 13.1. The number of nitrogens with one attached hydrogen (secondary N) is 1. The van der Waals surface area contributed by atoms with Gasteiger partial charge in [-0.05, 0) is 50.1 Å². The molecule has 0 aliphatic heterocycles. The maximum Gasteiger partial charge on any atom is 0.119 e. The van der Waals surface area contributed by atoms with Crippen LogP contribution in [0.5, 0.6) is 5.75 Å². The summed E-state index contributed by atoms with van der Waals surface area (Å²) in [5, 5.41) is 1.28. The lowest BCUT2D eigenvalue weighted by Crippen LogP contribution is -2.34. The van der Waals surface area contributed by atoms with Crippen molar-refractivity contribution in [3.05, 3.63) is 30.0 Å². The fourth-order valence-corrected chi connectivity index (χ4v) is 2.70. The predicted molar refractivity (Wildman–Crippen MR) is 85.6 cm³/mol. The van der Waals surface area contributed by atoms with Crippen LogP contribution in [0.25, 0.3) is 10.9 Å². The number of aromatic amines is 1. The van der Waals surface area contributed by atoms with Crippen LogP contribution < -0.4 is 4.74 Å². The SMILES string of the molecule is CCC(C)N(CC)CCc1c[nH]c2ccc(OC)cc12. The predicted octanol–water partition coefficient (Wildman–Crippen LogP) is 3.84. The molecule has 2 aromatic rings. The molecule has 3 nitrogen and oxygen atoms in total. The third-order valence-electron chi connectivity index (χ3n) is 4.26. The molecule has 0 saturated carbocycles. The van der Waals surface area contributed by atoms with E-state index >= 15 is 0 Å². The smallest absolute Gasteiger partial charge is 0.119 e. The van der Waals surface area contributed by atoms with Gasteiger partial charge in [-0.3, -0.25) is 0 Å². The van der Waals surface area contributed by atoms with E-state index in [1.165, 1.54) is 22.9 Å². The van der Waals surface area contributed by atoms with Crippen molar-refractivity contribution < 1.29 is 4.74 Å². The number of fused-ring (bicyclic) bond motifs is 1. The van der Waals surface area contributed by atoms with Gasteiger partial charge >= 0.3 is 0 Å². The van der Waals surface area contributed by atoms with Gasteiger partial charge in [0.25, 0.3) is 0 Å². The van der Waals surface area contributed by atoms with Crippen LogP contribution in [0.2, 0.25) is 0 Å². The van der Waals surface area contributed by atoms with Crippen molar-refractivity contribution in [3.63, 3.8) is 0 Å². The fourth-order valence-electron chi connectivity index (χ4n) is 2.70. The van der Waals surface area contributed by atoms with Gasteiger partial charge in [-0.15, -0.1) is 0 Å². The molecule has 1 aromatic heterocycles. The molecule has 3 heteroatoms. The number of ether oxygens (including phenoxy) is 1. The van der Waals surface area contributed by atoms with Crippen LogP contribution in [0, 0.1) is 0 Å². The number of hydrogen-bond donors (Lipinski definition) is 1. The molecule has 110 valence electrons. The number of methoxy groups -OCH3 is 1. The van der Waals surface area contributed by atoms with E-state index < -0.39 is 0 Å². The minimum Gasteiger partial charge on any atom is -0.497 e. The number of likely N-dealkylation sites (N-methyl/N-ethyl adjacent to an activating group) is 1. The molecule has 1 heterocycles. The van der Waals surface area contributed by atoms with Crippen molar-refractivity contribution in [1.82, 2.24) is 9.88 Å². The molecule has 1 aromatic carbocycles. The van der Waals surface area contributed by atoms with E-state index in [-0.39, 0.29) is 0 Å². The van der Waals surface area contributed by atoms with Crippen molar-refractivity contribution >= 4 is 10.9 Å². The van der Waals surface area contributed by atoms with Crippen molar-refractivity contribution in [2.45, 2.75) is 39.7 Å². The first-order chi connectivity index (χ1) is 9.69. The Balaban J connectivity index is 2.13. The molecule has 1 atom stereocenters. The topological polar surface area (TPSA) is 28.3 Å². The Bertz CT molecular complexity index is 547. The summed E-state index contributed by atoms with van der Waals surface area (Å²) >= 11 is 0. The summed E-state index contributed by atoms with van der Waals surface area (Å²) in [4.78, 5) is 5.89. The van der Waals surface area contributed by atoms with Crippen LogP contribution in [0.1, 0.15) is 32.8 Å². The second-order valence-electron chi connectivity index (χ2n) is 5.36. The molecule has 0 radical (unpaired) electrons. The molecular weight excluding hydrogens is 248 g/mol. The van der Waals surface area contributed by atoms with Gasteiger partial charge < -0.3 is 14.6 Å². The van der Waals surface area contributed by atoms with Crippen LogP contribution >= 0.6 is 0 Å². The van der Waals surface area contributed by atoms with E-state index in [0.29, 0.717) is 6.04 Å². The summed E-state index contributed by atoms with van der Waals surface area (Å²) in [6.07, 6.45) is 4.41. The fraction of sp³-hybridized carbons (Fsp3) is 0.529. The molecule has 1 unspecified atom stereocenters. The average molecular weight is 274 g/mol. The van der Waals surface area contributed by atoms with Gasteiger partial charge in [-0.25, -0.2) is 0 Å². The zero-order valence-corrected chi connectivity index (χ0v) is 13.1. The molecule has 20 heavy (non-hydrogen) atoms. The minimum atomic E-state index is 0.653. The van der Waals surface area contributed by atoms with Crippen molar-refractivity contribution in [3.8, 4) is 5.75 Å². The van der Waals surface area contributed by atoms with Crippen LogP contribution in [0.15, 0.2) is 24.4 Å². The summed E-state index contributed by atoms with van der Waals surface area (Å²) < 4.78 is 5.32. The molecule has 0 saturated heterocycles. The number of aromatic nitrogens is 1. The monoisotopic (exact) mass is 274 g/mol. The summed E-state index contributed by atoms with van der Waals surface area (Å²) in [6.45, 7) is 9.02. The highest BCUT2D eigenvalue weighted by atomic mass is 16.5. The number of rotatable bonds is 7. The lowest BCUT2D eigenvalue weighted by molar-refractivity contribution is 0.217. The standard InChI is InChI=1S/C17H26N2O/c1-5-13(3)19(6-2)10-9-14-12-18-17-8-7-15(20-4)11-16(14)17/h7-8,11-13,18H,5-6,9-10H2,1-4H3. The first kappa shape index (κ1) is 14.9. The lowest BCUT2D eigenvalue weighted by Gasteiger charge is -2.26. The lowest BCUT2D eigenvalue weighted by atomic mass is 10.1. The van der Waals surface area contributed by atoms with E-state index in [0.717, 1.165) is 25.3 Å². The molecule has 0 aliphatic rings. The van der Waals surface area contributed by atoms with Gasteiger partial charge in [-0.2, -0.15) is 0 Å². The van der Waals surface area contributed by atoms with Gasteiger partial charge in [0, 0.05) is 29.7 Å². The van der Waals surface area contributed by atoms with E-state index in [1.807, 2.05) is 6.07 Å². The normalized spacial score (nSPS) is 13.1. The highest BCUT2D eigenvalue weighted by molar-refractivity contribution is 5.84. The van der Waals surface area contributed by atoms with Crippen molar-refractivity contribution in [1.29, 1.82) is 0 Å². The molecule has 0 amide bonds. The molecule has 0 spiro atoms. The number of H-pyrrole nitrogens is 1. The molecule has 0 aliphatic carbocycles. The third kappa shape index (κ3) is 3.15. The first-order valence-corrected chi connectivity index (χ1v) is 7.57. The number of hydrogen-bond acceptors (Lipinski definition) is 2. The molecule has 0 fully saturated rings. The Morgan fingerprint density at radius 3 is 2.75 bits per heavy atom. The van der Waals surface area contributed by atoms with E-state index in [2.05, 4.69) is 49.0 Å². The van der Waals surface area contributed by atoms with Gasteiger partial charge in [0.05, 0.1) is 7.11 Å². The maximum absolute atomic E-state index is 5.32. The van der Waals surface area contributed by atoms with Gasteiger partial charge in [0.1, 0.15) is 5.75 Å². The largest absolute Gasteiger partial charge is 0.497 e. The van der Waals surface area contributed by atoms with Crippen LogP contribution in [0.3, 0.4) is 0 Å². The van der Waals surface area contributed by atoms with Gasteiger partial charge in [0.15, 0.2) is 0 Å². The number of nitrogens with zero attached hydrogens (tertiary/aromatic N) is 1. The second kappa shape index (κ2) is 6.80. The van der Waals surface area contributed by atoms with Gasteiger partial charge in [0.2, 0.25) is 0 Å². The Hall–Kier alpha value is -1.48. The number of benzene rings is 1. The Labute approximate surface area is 121 Å². The Morgan fingerprint density at radius 1 is 1.30 bits per heavy atom. The molecule has 1 N–H and O–H groups in total. The minimum absolute atomic E-state index is 0.653. The third-order valence-corrected chi connectivity index (χ3v) is 4.26. The van der Waals surface area contributed by atoms with E-state index in [9.17, 15) is 0 Å². The van der Waals surface area contributed by atoms with E-state index in [1.54, 1.807) is 7.11 Å². The summed E-state index contributed by atoms with van der Waals surface area (Å²) in [5.41, 5.74) is 2.56. The second-order valence-corrected chi connectivity index (χ2v) is 5.36. The van der Waals surface area contributed by atoms with Crippen molar-refractivity contribution in [2.75, 3.05) is 20.2 Å². The van der Waals surface area contributed by atoms with Crippen LogP contribution in [-0.2, 0) is 6.42 Å². The summed E-state index contributed by atoms with van der Waals surface area (Å²) in [6, 6.07) is 6.87. The first-order valence-electron chi connectivity index (χ1n) is 7.57. The molecule has 2 rings (SSSR count). The summed E-state index contributed by atoms with van der Waals surface area (Å²) in [7, 11) is 1.72.